The van der Waals surface area contributed by atoms with Crippen molar-refractivity contribution < 1.29 is 4.74 Å². The zero-order valence-corrected chi connectivity index (χ0v) is 27.7. The van der Waals surface area contributed by atoms with E-state index in [2.05, 4.69) is 120 Å². The maximum atomic E-state index is 6.49. The van der Waals surface area contributed by atoms with Crippen LogP contribution >= 0.6 is 0 Å². The topological polar surface area (TPSA) is 44.9 Å². The molecular formula is C41H40N4O. The first-order valence-electron chi connectivity index (χ1n) is 16.0. The smallest absolute Gasteiger partial charge is 0.137 e. The van der Waals surface area contributed by atoms with Crippen molar-refractivity contribution in [2.24, 2.45) is 0 Å². The lowest BCUT2D eigenvalue weighted by molar-refractivity contribution is 0.483. The van der Waals surface area contributed by atoms with Gasteiger partial charge in [0.2, 0.25) is 0 Å². The van der Waals surface area contributed by atoms with Gasteiger partial charge in [0.15, 0.2) is 0 Å². The van der Waals surface area contributed by atoms with Gasteiger partial charge in [-0.2, -0.15) is 5.10 Å². The molecule has 0 saturated heterocycles. The molecule has 0 unspecified atom stereocenters. The Bertz CT molecular complexity index is 2230. The standard InChI is InChI=1S/C41H40N4O/c1-26(2)29-20-28(4)40(36(21-29)41(5,6)7)30-24-43-44(25-30)31-11-10-12-32(22-31)46-33-15-16-35-34-13-8-9-14-37(34)45(38(35)23-33)39-19-27(3)17-18-42-39/h8-26H,1-7H3. The zero-order valence-electron chi connectivity index (χ0n) is 27.7. The van der Waals surface area contributed by atoms with E-state index >= 15 is 0 Å². The van der Waals surface area contributed by atoms with Crippen molar-refractivity contribution in [1.29, 1.82) is 0 Å². The van der Waals surface area contributed by atoms with E-state index in [9.17, 15) is 0 Å². The number of ether oxygens (including phenoxy) is 1. The van der Waals surface area contributed by atoms with Gasteiger partial charge in [0.05, 0.1) is 22.9 Å². The summed E-state index contributed by atoms with van der Waals surface area (Å²) in [6, 6.07) is 31.7. The predicted octanol–water partition coefficient (Wildman–Crippen LogP) is 10.9. The van der Waals surface area contributed by atoms with Crippen LogP contribution in [0.1, 0.15) is 62.8 Å². The summed E-state index contributed by atoms with van der Waals surface area (Å²) in [5.74, 6) is 2.88. The monoisotopic (exact) mass is 604 g/mol. The molecule has 3 heterocycles. The van der Waals surface area contributed by atoms with Crippen molar-refractivity contribution in [3.63, 3.8) is 0 Å². The fourth-order valence-electron chi connectivity index (χ4n) is 6.44. The minimum atomic E-state index is 0.00304. The Morgan fingerprint density at radius 3 is 2.33 bits per heavy atom. The molecule has 0 saturated carbocycles. The van der Waals surface area contributed by atoms with Crippen molar-refractivity contribution >= 4 is 21.8 Å². The molecule has 5 heteroatoms. The van der Waals surface area contributed by atoms with Gasteiger partial charge < -0.3 is 4.74 Å². The van der Waals surface area contributed by atoms with Crippen LogP contribution in [-0.2, 0) is 5.41 Å². The second kappa shape index (κ2) is 11.3. The average Bonchev–Trinajstić information content (AvgIpc) is 3.63. The molecular weight excluding hydrogens is 564 g/mol. The number of pyridine rings is 1. The molecule has 0 aliphatic carbocycles. The summed E-state index contributed by atoms with van der Waals surface area (Å²) in [6.45, 7) is 15.7. The van der Waals surface area contributed by atoms with Crippen LogP contribution in [0.3, 0.4) is 0 Å². The largest absolute Gasteiger partial charge is 0.457 e. The Kier molecular flexibility index (Phi) is 7.28. The van der Waals surface area contributed by atoms with Crippen LogP contribution in [0, 0.1) is 13.8 Å². The third-order valence-corrected chi connectivity index (χ3v) is 8.80. The van der Waals surface area contributed by atoms with Crippen molar-refractivity contribution in [3.05, 3.63) is 132 Å². The van der Waals surface area contributed by atoms with E-state index in [1.807, 2.05) is 47.4 Å². The van der Waals surface area contributed by atoms with Gasteiger partial charge in [-0.1, -0.05) is 71.0 Å². The average molecular weight is 605 g/mol. The van der Waals surface area contributed by atoms with Gasteiger partial charge in [-0.3, -0.25) is 4.57 Å². The summed E-state index contributed by atoms with van der Waals surface area (Å²) in [4.78, 5) is 4.71. The first-order valence-corrected chi connectivity index (χ1v) is 16.0. The molecule has 0 spiro atoms. The van der Waals surface area contributed by atoms with Gasteiger partial charge in [-0.05, 0) is 95.5 Å². The number of para-hydroxylation sites is 1. The molecule has 0 bridgehead atoms. The Labute approximate surface area is 271 Å². The van der Waals surface area contributed by atoms with E-state index in [-0.39, 0.29) is 5.41 Å². The maximum absolute atomic E-state index is 6.49. The third-order valence-electron chi connectivity index (χ3n) is 8.80. The number of hydrogen-bond acceptors (Lipinski definition) is 3. The number of nitrogens with zero attached hydrogens (tertiary/aromatic N) is 4. The van der Waals surface area contributed by atoms with Crippen LogP contribution < -0.4 is 4.74 Å². The maximum Gasteiger partial charge on any atom is 0.137 e. The van der Waals surface area contributed by atoms with Crippen molar-refractivity contribution in [3.8, 4) is 34.1 Å². The SMILES string of the molecule is Cc1ccnc(-n2c3ccccc3c3ccc(Oc4cccc(-n5cc(-c6c(C)cc(C(C)C)cc6C(C)(C)C)cn5)c4)cc32)c1. The number of rotatable bonds is 6. The molecule has 0 N–H and O–H groups in total. The van der Waals surface area contributed by atoms with Crippen LogP contribution in [0.5, 0.6) is 11.5 Å². The Hall–Kier alpha value is -5.16. The quantitative estimate of drug-likeness (QED) is 0.190. The molecule has 4 aromatic carbocycles. The van der Waals surface area contributed by atoms with Crippen LogP contribution in [0.2, 0.25) is 0 Å². The molecule has 7 rings (SSSR count). The van der Waals surface area contributed by atoms with Gasteiger partial charge in [-0.15, -0.1) is 0 Å². The summed E-state index contributed by atoms with van der Waals surface area (Å²) in [7, 11) is 0. The van der Waals surface area contributed by atoms with Gasteiger partial charge in [0, 0.05) is 40.9 Å². The minimum absolute atomic E-state index is 0.00304. The summed E-state index contributed by atoms with van der Waals surface area (Å²) in [6.07, 6.45) is 5.97. The molecule has 0 aliphatic heterocycles. The first-order chi connectivity index (χ1) is 22.1. The molecule has 0 radical (unpaired) electrons. The number of benzene rings is 4. The van der Waals surface area contributed by atoms with E-state index in [1.54, 1.807) is 0 Å². The molecule has 5 nitrogen and oxygen atoms in total. The highest BCUT2D eigenvalue weighted by molar-refractivity contribution is 6.09. The van der Waals surface area contributed by atoms with Gasteiger partial charge in [0.1, 0.15) is 17.3 Å². The second-order valence-electron chi connectivity index (χ2n) is 13.7. The number of hydrogen-bond donors (Lipinski definition) is 0. The van der Waals surface area contributed by atoms with Crippen LogP contribution in [0.15, 0.2) is 110 Å². The fourth-order valence-corrected chi connectivity index (χ4v) is 6.44. The molecule has 46 heavy (non-hydrogen) atoms. The number of fused-ring (bicyclic) bond motifs is 3. The Morgan fingerprint density at radius 2 is 1.54 bits per heavy atom. The van der Waals surface area contributed by atoms with Crippen LogP contribution in [-0.4, -0.2) is 19.3 Å². The third kappa shape index (κ3) is 5.36. The predicted molar refractivity (Wildman–Crippen MR) is 190 cm³/mol. The Morgan fingerprint density at radius 1 is 0.761 bits per heavy atom. The lowest BCUT2D eigenvalue weighted by Crippen LogP contribution is -2.14. The van der Waals surface area contributed by atoms with Crippen molar-refractivity contribution in [2.75, 3.05) is 0 Å². The summed E-state index contributed by atoms with van der Waals surface area (Å²) in [5, 5.41) is 7.15. The lowest BCUT2D eigenvalue weighted by Gasteiger charge is -2.26. The summed E-state index contributed by atoms with van der Waals surface area (Å²) < 4.78 is 10.6. The molecule has 0 atom stereocenters. The fraction of sp³-hybridized carbons (Fsp3) is 0.220. The number of aromatic nitrogens is 4. The summed E-state index contributed by atoms with van der Waals surface area (Å²) >= 11 is 0. The minimum Gasteiger partial charge on any atom is -0.457 e. The zero-order chi connectivity index (χ0) is 32.2. The van der Waals surface area contributed by atoms with Crippen LogP contribution in [0.25, 0.3) is 44.4 Å². The first kappa shape index (κ1) is 29.5. The molecule has 7 aromatic rings. The van der Waals surface area contributed by atoms with Gasteiger partial charge in [0.25, 0.3) is 0 Å². The van der Waals surface area contributed by atoms with E-state index in [4.69, 9.17) is 14.8 Å². The molecule has 230 valence electrons. The molecule has 0 amide bonds. The van der Waals surface area contributed by atoms with Crippen LogP contribution in [0.4, 0.5) is 0 Å². The van der Waals surface area contributed by atoms with E-state index in [0.29, 0.717) is 5.92 Å². The lowest BCUT2D eigenvalue weighted by atomic mass is 9.78. The molecule has 3 aromatic heterocycles. The van der Waals surface area contributed by atoms with E-state index in [0.717, 1.165) is 45.0 Å². The van der Waals surface area contributed by atoms with Gasteiger partial charge >= 0.3 is 0 Å². The highest BCUT2D eigenvalue weighted by Crippen LogP contribution is 2.39. The number of aryl methyl sites for hydroxylation is 2. The normalized spacial score (nSPS) is 12.0. The van der Waals surface area contributed by atoms with Crippen molar-refractivity contribution in [1.82, 2.24) is 19.3 Å². The van der Waals surface area contributed by atoms with E-state index < -0.39 is 0 Å². The highest BCUT2D eigenvalue weighted by Gasteiger charge is 2.23. The Balaban J connectivity index is 1.24. The van der Waals surface area contributed by atoms with Gasteiger partial charge in [-0.25, -0.2) is 9.67 Å². The van der Waals surface area contributed by atoms with Crippen molar-refractivity contribution in [2.45, 2.75) is 59.8 Å². The molecule has 0 aliphatic rings. The summed E-state index contributed by atoms with van der Waals surface area (Å²) in [5.41, 5.74) is 10.7. The highest BCUT2D eigenvalue weighted by atomic mass is 16.5. The second-order valence-corrected chi connectivity index (χ2v) is 13.7. The van der Waals surface area contributed by atoms with E-state index in [1.165, 1.54) is 33.2 Å². The molecule has 0 fully saturated rings.